The van der Waals surface area contributed by atoms with Crippen LogP contribution in [0.25, 0.3) is 0 Å². The monoisotopic (exact) mass is 526 g/mol. The summed E-state index contributed by atoms with van der Waals surface area (Å²) >= 11 is 0. The molecule has 1 aliphatic heterocycles. The standard InChI is InChI=1S/C21H26N4O4.HI/c1-22-21(25-10-8-16(9-11-25)20(27)28-2)23-14-15-5-3-6-17(13-15)24-19(26)18-7-4-12-29-18;/h3-7,12-13,16H,8-11,14H2,1-2H3,(H,22,23)(H,24,26);1H. The fraction of sp³-hybridized carbons (Fsp3) is 0.381. The molecular formula is C21H27IN4O4. The number of anilines is 1. The summed E-state index contributed by atoms with van der Waals surface area (Å²) in [6, 6.07) is 10.9. The van der Waals surface area contributed by atoms with Crippen molar-refractivity contribution in [1.29, 1.82) is 0 Å². The molecule has 0 saturated carbocycles. The number of piperidine rings is 1. The molecule has 0 radical (unpaired) electrons. The van der Waals surface area contributed by atoms with Crippen molar-refractivity contribution < 1.29 is 18.7 Å². The Labute approximate surface area is 193 Å². The maximum Gasteiger partial charge on any atom is 0.308 e. The van der Waals surface area contributed by atoms with E-state index in [9.17, 15) is 9.59 Å². The number of guanidine groups is 1. The van der Waals surface area contributed by atoms with E-state index in [1.165, 1.54) is 13.4 Å². The first-order chi connectivity index (χ1) is 14.1. The minimum Gasteiger partial charge on any atom is -0.469 e. The number of benzene rings is 1. The van der Waals surface area contributed by atoms with Crippen molar-refractivity contribution in [2.75, 3.05) is 32.6 Å². The van der Waals surface area contributed by atoms with Crippen LogP contribution < -0.4 is 10.6 Å². The SMILES string of the molecule is CN=C(NCc1cccc(NC(=O)c2ccco2)c1)N1CCC(C(=O)OC)CC1.I. The van der Waals surface area contributed by atoms with E-state index in [-0.39, 0.29) is 47.5 Å². The molecule has 0 aliphatic carbocycles. The third-order valence-corrected chi connectivity index (χ3v) is 4.92. The van der Waals surface area contributed by atoms with Gasteiger partial charge in [0.15, 0.2) is 11.7 Å². The van der Waals surface area contributed by atoms with E-state index < -0.39 is 0 Å². The number of nitrogens with zero attached hydrogens (tertiary/aromatic N) is 2. The van der Waals surface area contributed by atoms with Gasteiger partial charge in [0.2, 0.25) is 0 Å². The Bertz CT molecular complexity index is 862. The average Bonchev–Trinajstić information content (AvgIpc) is 3.29. The largest absolute Gasteiger partial charge is 0.469 e. The summed E-state index contributed by atoms with van der Waals surface area (Å²) in [5.41, 5.74) is 1.70. The fourth-order valence-electron chi connectivity index (χ4n) is 3.37. The lowest BCUT2D eigenvalue weighted by Crippen LogP contribution is -2.46. The number of amides is 1. The molecule has 2 heterocycles. The van der Waals surface area contributed by atoms with E-state index in [2.05, 4.69) is 20.5 Å². The molecular weight excluding hydrogens is 499 g/mol. The topological polar surface area (TPSA) is 96.2 Å². The fourth-order valence-corrected chi connectivity index (χ4v) is 3.37. The van der Waals surface area contributed by atoms with E-state index in [0.717, 1.165) is 37.5 Å². The number of aliphatic imine (C=N–C) groups is 1. The van der Waals surface area contributed by atoms with E-state index in [4.69, 9.17) is 9.15 Å². The second kappa shape index (κ2) is 11.6. The van der Waals surface area contributed by atoms with Gasteiger partial charge < -0.3 is 24.7 Å². The maximum absolute atomic E-state index is 12.1. The molecule has 3 rings (SSSR count). The first-order valence-corrected chi connectivity index (χ1v) is 9.58. The van der Waals surface area contributed by atoms with Crippen molar-refractivity contribution in [2.24, 2.45) is 10.9 Å². The predicted molar refractivity (Wildman–Crippen MR) is 125 cm³/mol. The minimum absolute atomic E-state index is 0. The quantitative estimate of drug-likeness (QED) is 0.269. The van der Waals surface area contributed by atoms with Crippen LogP contribution in [0, 0.1) is 5.92 Å². The smallest absolute Gasteiger partial charge is 0.308 e. The highest BCUT2D eigenvalue weighted by molar-refractivity contribution is 14.0. The molecule has 8 nitrogen and oxygen atoms in total. The molecule has 0 spiro atoms. The number of nitrogens with one attached hydrogen (secondary N) is 2. The molecule has 9 heteroatoms. The molecule has 162 valence electrons. The van der Waals surface area contributed by atoms with Crippen molar-refractivity contribution in [3.05, 3.63) is 54.0 Å². The number of esters is 1. The highest BCUT2D eigenvalue weighted by Crippen LogP contribution is 2.19. The lowest BCUT2D eigenvalue weighted by molar-refractivity contribution is -0.146. The Morgan fingerprint density at radius 1 is 1.23 bits per heavy atom. The number of halogens is 1. The molecule has 30 heavy (non-hydrogen) atoms. The van der Waals surface area contributed by atoms with Crippen molar-refractivity contribution in [2.45, 2.75) is 19.4 Å². The van der Waals surface area contributed by atoms with Crippen molar-refractivity contribution in [1.82, 2.24) is 10.2 Å². The molecule has 2 aromatic rings. The van der Waals surface area contributed by atoms with Crippen molar-refractivity contribution >= 4 is 47.5 Å². The van der Waals surface area contributed by atoms with Crippen LogP contribution in [0.5, 0.6) is 0 Å². The number of rotatable bonds is 5. The van der Waals surface area contributed by atoms with E-state index >= 15 is 0 Å². The van der Waals surface area contributed by atoms with Crippen LogP contribution in [0.3, 0.4) is 0 Å². The minimum atomic E-state index is -0.288. The first kappa shape index (κ1) is 23.7. The normalized spacial score (nSPS) is 14.6. The van der Waals surface area contributed by atoms with Gasteiger partial charge in [-0.05, 0) is 42.7 Å². The van der Waals surface area contributed by atoms with E-state index in [1.54, 1.807) is 19.2 Å². The van der Waals surface area contributed by atoms with Gasteiger partial charge in [0.05, 0.1) is 19.3 Å². The number of likely N-dealkylation sites (tertiary alicyclic amines) is 1. The van der Waals surface area contributed by atoms with Gasteiger partial charge in [0, 0.05) is 32.4 Å². The third-order valence-electron chi connectivity index (χ3n) is 4.92. The lowest BCUT2D eigenvalue weighted by Gasteiger charge is -2.33. The summed E-state index contributed by atoms with van der Waals surface area (Å²) in [5.74, 6) is 0.594. The molecule has 1 aliphatic rings. The van der Waals surface area contributed by atoms with Gasteiger partial charge in [0.1, 0.15) is 0 Å². The van der Waals surface area contributed by atoms with Gasteiger partial charge in [-0.25, -0.2) is 0 Å². The molecule has 1 aromatic heterocycles. The van der Waals surface area contributed by atoms with Gasteiger partial charge >= 0.3 is 5.97 Å². The zero-order valence-corrected chi connectivity index (χ0v) is 19.4. The zero-order valence-electron chi connectivity index (χ0n) is 17.1. The molecule has 1 aromatic carbocycles. The maximum atomic E-state index is 12.1. The van der Waals surface area contributed by atoms with Crippen LogP contribution in [-0.2, 0) is 16.1 Å². The Morgan fingerprint density at radius 2 is 2.00 bits per heavy atom. The zero-order chi connectivity index (χ0) is 20.6. The second-order valence-corrected chi connectivity index (χ2v) is 6.82. The highest BCUT2D eigenvalue weighted by atomic mass is 127. The van der Waals surface area contributed by atoms with Gasteiger partial charge in [-0.3, -0.25) is 14.6 Å². The predicted octanol–water partition coefficient (Wildman–Crippen LogP) is 3.11. The second-order valence-electron chi connectivity index (χ2n) is 6.82. The molecule has 0 bridgehead atoms. The molecule has 0 unspecified atom stereocenters. The summed E-state index contributed by atoms with van der Waals surface area (Å²) in [6.45, 7) is 2.06. The first-order valence-electron chi connectivity index (χ1n) is 9.58. The van der Waals surface area contributed by atoms with Gasteiger partial charge in [-0.1, -0.05) is 12.1 Å². The number of ether oxygens (including phenoxy) is 1. The van der Waals surface area contributed by atoms with Crippen LogP contribution in [0.1, 0.15) is 29.0 Å². The van der Waals surface area contributed by atoms with Gasteiger partial charge in [-0.2, -0.15) is 0 Å². The van der Waals surface area contributed by atoms with Crippen molar-refractivity contribution in [3.63, 3.8) is 0 Å². The molecule has 1 fully saturated rings. The summed E-state index contributed by atoms with van der Waals surface area (Å²) < 4.78 is 9.95. The van der Waals surface area contributed by atoms with Crippen LogP contribution in [-0.4, -0.2) is 50.0 Å². The summed E-state index contributed by atoms with van der Waals surface area (Å²) in [6.07, 6.45) is 2.97. The van der Waals surface area contributed by atoms with Crippen LogP contribution >= 0.6 is 24.0 Å². The van der Waals surface area contributed by atoms with Crippen molar-refractivity contribution in [3.8, 4) is 0 Å². The Morgan fingerprint density at radius 3 is 2.63 bits per heavy atom. The summed E-state index contributed by atoms with van der Waals surface area (Å²) in [5, 5.41) is 6.18. The summed E-state index contributed by atoms with van der Waals surface area (Å²) in [4.78, 5) is 30.3. The van der Waals surface area contributed by atoms with E-state index in [0.29, 0.717) is 12.2 Å². The molecule has 1 amide bonds. The number of hydrogen-bond acceptors (Lipinski definition) is 5. The number of carbonyl (C=O) groups excluding carboxylic acids is 2. The van der Waals surface area contributed by atoms with Gasteiger partial charge in [-0.15, -0.1) is 24.0 Å². The molecule has 1 saturated heterocycles. The van der Waals surface area contributed by atoms with Crippen LogP contribution in [0.2, 0.25) is 0 Å². The van der Waals surface area contributed by atoms with E-state index in [1.807, 2.05) is 24.3 Å². The van der Waals surface area contributed by atoms with Crippen LogP contribution in [0.4, 0.5) is 5.69 Å². The number of carbonyl (C=O) groups is 2. The Kier molecular flexibility index (Phi) is 9.15. The number of furan rings is 1. The summed E-state index contributed by atoms with van der Waals surface area (Å²) in [7, 11) is 3.18. The van der Waals surface area contributed by atoms with Gasteiger partial charge in [0.25, 0.3) is 5.91 Å². The number of hydrogen-bond donors (Lipinski definition) is 2. The van der Waals surface area contributed by atoms with Crippen LogP contribution in [0.15, 0.2) is 52.1 Å². The number of methoxy groups -OCH3 is 1. The lowest BCUT2D eigenvalue weighted by atomic mass is 9.97. The molecule has 2 N–H and O–H groups in total. The third kappa shape index (κ3) is 6.22. The highest BCUT2D eigenvalue weighted by Gasteiger charge is 2.26. The Hall–Kier alpha value is -2.56. The molecule has 0 atom stereocenters. The average molecular weight is 526 g/mol. The Balaban J connectivity index is 0.00000320.